The molecule has 3 rings (SSSR count). The van der Waals surface area contributed by atoms with Gasteiger partial charge in [-0.25, -0.2) is 0 Å². The standard InChI is InChI=1S/C17H23NO/c19-16(12-14-6-2-1-3-7-14)13-18-11-10-15-8-4-5-9-17(15)18/h1-3,6-7,15,17H,4-5,8-13H2. The van der Waals surface area contributed by atoms with Crippen LogP contribution in [0.4, 0.5) is 0 Å². The van der Waals surface area contributed by atoms with Gasteiger partial charge < -0.3 is 0 Å². The number of carbonyl (C=O) groups excluding carboxylic acids is 1. The van der Waals surface area contributed by atoms with Gasteiger partial charge in [-0.05, 0) is 37.3 Å². The van der Waals surface area contributed by atoms with Gasteiger partial charge in [0.2, 0.25) is 0 Å². The lowest BCUT2D eigenvalue weighted by atomic mass is 9.85. The normalized spacial score (nSPS) is 27.2. The van der Waals surface area contributed by atoms with E-state index in [-0.39, 0.29) is 0 Å². The van der Waals surface area contributed by atoms with Crippen LogP contribution in [0.25, 0.3) is 0 Å². The lowest BCUT2D eigenvalue weighted by Crippen LogP contribution is -2.38. The van der Waals surface area contributed by atoms with E-state index in [0.29, 0.717) is 24.8 Å². The zero-order valence-corrected chi connectivity index (χ0v) is 11.6. The quantitative estimate of drug-likeness (QED) is 0.826. The fourth-order valence-electron chi connectivity index (χ4n) is 3.81. The average molecular weight is 257 g/mol. The fraction of sp³-hybridized carbons (Fsp3) is 0.588. The van der Waals surface area contributed by atoms with Crippen LogP contribution < -0.4 is 0 Å². The maximum atomic E-state index is 12.2. The predicted molar refractivity (Wildman–Crippen MR) is 77.1 cm³/mol. The number of benzene rings is 1. The average Bonchev–Trinajstić information content (AvgIpc) is 2.83. The molecule has 2 nitrogen and oxygen atoms in total. The molecule has 1 saturated heterocycles. The molecule has 1 heterocycles. The van der Waals surface area contributed by atoms with Gasteiger partial charge in [-0.2, -0.15) is 0 Å². The molecule has 0 amide bonds. The van der Waals surface area contributed by atoms with Crippen LogP contribution in [0.2, 0.25) is 0 Å². The molecule has 1 aliphatic heterocycles. The van der Waals surface area contributed by atoms with E-state index >= 15 is 0 Å². The van der Waals surface area contributed by atoms with Crippen LogP contribution in [-0.2, 0) is 11.2 Å². The summed E-state index contributed by atoms with van der Waals surface area (Å²) in [5.74, 6) is 1.25. The molecule has 2 fully saturated rings. The number of hydrogen-bond donors (Lipinski definition) is 0. The number of rotatable bonds is 4. The number of ketones is 1. The molecule has 0 radical (unpaired) electrons. The summed E-state index contributed by atoms with van der Waals surface area (Å²) in [6, 6.07) is 10.8. The minimum atomic E-state index is 0.373. The van der Waals surface area contributed by atoms with E-state index in [4.69, 9.17) is 0 Å². The summed E-state index contributed by atoms with van der Waals surface area (Å²) >= 11 is 0. The Morgan fingerprint density at radius 1 is 1.11 bits per heavy atom. The second-order valence-corrected chi connectivity index (χ2v) is 6.07. The first-order chi connectivity index (χ1) is 9.33. The Bertz CT molecular complexity index is 428. The fourth-order valence-corrected chi connectivity index (χ4v) is 3.81. The summed E-state index contributed by atoms with van der Waals surface area (Å²) in [4.78, 5) is 14.7. The highest BCUT2D eigenvalue weighted by Crippen LogP contribution is 2.35. The first kappa shape index (κ1) is 12.9. The zero-order valence-electron chi connectivity index (χ0n) is 11.6. The van der Waals surface area contributed by atoms with Crippen molar-refractivity contribution in [3.8, 4) is 0 Å². The van der Waals surface area contributed by atoms with Crippen molar-refractivity contribution in [2.45, 2.75) is 44.6 Å². The van der Waals surface area contributed by atoms with Gasteiger partial charge in [0.25, 0.3) is 0 Å². The van der Waals surface area contributed by atoms with Crippen molar-refractivity contribution in [1.82, 2.24) is 4.90 Å². The van der Waals surface area contributed by atoms with Crippen LogP contribution in [0.1, 0.15) is 37.7 Å². The first-order valence-electron chi connectivity index (χ1n) is 7.62. The van der Waals surface area contributed by atoms with Gasteiger partial charge >= 0.3 is 0 Å². The van der Waals surface area contributed by atoms with E-state index in [2.05, 4.69) is 4.90 Å². The maximum absolute atomic E-state index is 12.2. The molecule has 0 bridgehead atoms. The minimum absolute atomic E-state index is 0.373. The van der Waals surface area contributed by atoms with Crippen molar-refractivity contribution < 1.29 is 4.79 Å². The van der Waals surface area contributed by atoms with Crippen LogP contribution in [-0.4, -0.2) is 29.8 Å². The van der Waals surface area contributed by atoms with Crippen LogP contribution in [0.5, 0.6) is 0 Å². The molecule has 1 saturated carbocycles. The van der Waals surface area contributed by atoms with Crippen LogP contribution in [0.15, 0.2) is 30.3 Å². The Balaban J connectivity index is 1.55. The zero-order chi connectivity index (χ0) is 13.1. The SMILES string of the molecule is O=C(Cc1ccccc1)CN1CCC2CCCCC21. The number of fused-ring (bicyclic) bond motifs is 1. The molecule has 1 aromatic carbocycles. The number of nitrogens with zero attached hydrogens (tertiary/aromatic N) is 1. The summed E-state index contributed by atoms with van der Waals surface area (Å²) in [5, 5.41) is 0. The number of Topliss-reactive ketones (excluding diaryl/α,β-unsaturated/α-hetero) is 1. The molecule has 2 atom stereocenters. The number of hydrogen-bond acceptors (Lipinski definition) is 2. The third-order valence-electron chi connectivity index (χ3n) is 4.75. The lowest BCUT2D eigenvalue weighted by molar-refractivity contribution is -0.119. The van der Waals surface area contributed by atoms with Crippen molar-refractivity contribution in [2.24, 2.45) is 5.92 Å². The Morgan fingerprint density at radius 2 is 1.89 bits per heavy atom. The monoisotopic (exact) mass is 257 g/mol. The van der Waals surface area contributed by atoms with Crippen LogP contribution in [0, 0.1) is 5.92 Å². The Kier molecular flexibility index (Phi) is 3.97. The molecule has 2 aliphatic rings. The molecule has 102 valence electrons. The molecule has 2 unspecified atom stereocenters. The van der Waals surface area contributed by atoms with Crippen LogP contribution in [0.3, 0.4) is 0 Å². The Labute approximate surface area is 115 Å². The highest BCUT2D eigenvalue weighted by molar-refractivity contribution is 5.82. The molecule has 19 heavy (non-hydrogen) atoms. The third kappa shape index (κ3) is 3.06. The molecule has 1 aliphatic carbocycles. The summed E-state index contributed by atoms with van der Waals surface area (Å²) in [5.41, 5.74) is 1.15. The first-order valence-corrected chi connectivity index (χ1v) is 7.62. The topological polar surface area (TPSA) is 20.3 Å². The van der Waals surface area contributed by atoms with Crippen molar-refractivity contribution in [1.29, 1.82) is 0 Å². The third-order valence-corrected chi connectivity index (χ3v) is 4.75. The Hall–Kier alpha value is -1.15. The predicted octanol–water partition coefficient (Wildman–Crippen LogP) is 3.06. The largest absolute Gasteiger partial charge is 0.298 e. The van der Waals surface area contributed by atoms with E-state index in [0.717, 1.165) is 18.0 Å². The highest BCUT2D eigenvalue weighted by Gasteiger charge is 2.35. The van der Waals surface area contributed by atoms with E-state index in [1.54, 1.807) is 0 Å². The minimum Gasteiger partial charge on any atom is -0.298 e. The van der Waals surface area contributed by atoms with Gasteiger partial charge in [-0.1, -0.05) is 43.2 Å². The van der Waals surface area contributed by atoms with Gasteiger partial charge in [0, 0.05) is 12.5 Å². The lowest BCUT2D eigenvalue weighted by Gasteiger charge is -2.31. The summed E-state index contributed by atoms with van der Waals surface area (Å²) in [7, 11) is 0. The second kappa shape index (κ2) is 5.87. The molecular formula is C17H23NO. The number of likely N-dealkylation sites (tertiary alicyclic amines) is 1. The molecule has 0 aromatic heterocycles. The smallest absolute Gasteiger partial charge is 0.151 e. The van der Waals surface area contributed by atoms with Gasteiger partial charge in [0.05, 0.1) is 6.54 Å². The van der Waals surface area contributed by atoms with E-state index in [1.165, 1.54) is 32.1 Å². The Morgan fingerprint density at radius 3 is 2.74 bits per heavy atom. The molecule has 1 aromatic rings. The summed E-state index contributed by atoms with van der Waals surface area (Å²) in [6.07, 6.45) is 7.34. The molecule has 0 N–H and O–H groups in total. The van der Waals surface area contributed by atoms with Crippen LogP contribution >= 0.6 is 0 Å². The summed E-state index contributed by atoms with van der Waals surface area (Å²) in [6.45, 7) is 1.80. The van der Waals surface area contributed by atoms with Gasteiger partial charge in [-0.3, -0.25) is 9.69 Å². The maximum Gasteiger partial charge on any atom is 0.151 e. The van der Waals surface area contributed by atoms with Gasteiger partial charge in [0.15, 0.2) is 5.78 Å². The van der Waals surface area contributed by atoms with Crippen molar-refractivity contribution in [3.63, 3.8) is 0 Å². The van der Waals surface area contributed by atoms with Crippen molar-refractivity contribution >= 4 is 5.78 Å². The van der Waals surface area contributed by atoms with Crippen molar-refractivity contribution in [3.05, 3.63) is 35.9 Å². The van der Waals surface area contributed by atoms with Gasteiger partial charge in [-0.15, -0.1) is 0 Å². The van der Waals surface area contributed by atoms with Crippen molar-refractivity contribution in [2.75, 3.05) is 13.1 Å². The van der Waals surface area contributed by atoms with E-state index in [1.807, 2.05) is 30.3 Å². The van der Waals surface area contributed by atoms with E-state index in [9.17, 15) is 4.79 Å². The molecule has 0 spiro atoms. The van der Waals surface area contributed by atoms with Gasteiger partial charge in [0.1, 0.15) is 0 Å². The summed E-state index contributed by atoms with van der Waals surface area (Å²) < 4.78 is 0. The van der Waals surface area contributed by atoms with E-state index < -0.39 is 0 Å². The molecular weight excluding hydrogens is 234 g/mol. The highest BCUT2D eigenvalue weighted by atomic mass is 16.1. The second-order valence-electron chi connectivity index (χ2n) is 6.07. The number of carbonyl (C=O) groups is 1. The molecule has 2 heteroatoms.